The van der Waals surface area contributed by atoms with Gasteiger partial charge < -0.3 is 9.47 Å². The minimum atomic E-state index is -0.931. The van der Waals surface area contributed by atoms with E-state index in [2.05, 4.69) is 14.6 Å². The third-order valence-corrected chi connectivity index (χ3v) is 2.17. The molecule has 0 aromatic carbocycles. The summed E-state index contributed by atoms with van der Waals surface area (Å²) < 4.78 is 10.7. The molecule has 0 N–H and O–H groups in total. The Balaban J connectivity index is 2.78. The molecular formula is C10H14N2O4. The first-order chi connectivity index (χ1) is 7.58. The molecule has 0 atom stereocenters. The summed E-state index contributed by atoms with van der Waals surface area (Å²) in [6, 6.07) is 0. The number of methoxy groups -OCH3 is 2. The minimum absolute atomic E-state index is 0.229. The van der Waals surface area contributed by atoms with Gasteiger partial charge in [-0.1, -0.05) is 0 Å². The van der Waals surface area contributed by atoms with Gasteiger partial charge in [0.25, 0.3) is 0 Å². The molecule has 1 aromatic heterocycles. The lowest BCUT2D eigenvalue weighted by Crippen LogP contribution is -2.28. The first-order valence-corrected chi connectivity index (χ1v) is 4.71. The molecular weight excluding hydrogens is 212 g/mol. The van der Waals surface area contributed by atoms with E-state index in [9.17, 15) is 9.59 Å². The summed E-state index contributed by atoms with van der Waals surface area (Å²) in [5.41, 5.74) is 0.781. The van der Waals surface area contributed by atoms with Crippen molar-refractivity contribution in [3.05, 3.63) is 18.0 Å². The molecule has 0 aliphatic heterocycles. The quantitative estimate of drug-likeness (QED) is 0.530. The SMILES string of the molecule is COC(=O)C(Cc1cnn(C)c1)C(=O)OC. The van der Waals surface area contributed by atoms with Crippen LogP contribution in [0.5, 0.6) is 0 Å². The van der Waals surface area contributed by atoms with Gasteiger partial charge in [-0.3, -0.25) is 14.3 Å². The second-order valence-corrected chi connectivity index (χ2v) is 3.33. The van der Waals surface area contributed by atoms with E-state index in [-0.39, 0.29) is 6.42 Å². The van der Waals surface area contributed by atoms with Crippen molar-refractivity contribution in [2.75, 3.05) is 14.2 Å². The van der Waals surface area contributed by atoms with Gasteiger partial charge in [0, 0.05) is 13.2 Å². The second kappa shape index (κ2) is 5.29. The number of carbonyl (C=O) groups excluding carboxylic acids is 2. The van der Waals surface area contributed by atoms with Gasteiger partial charge in [-0.25, -0.2) is 0 Å². The topological polar surface area (TPSA) is 70.4 Å². The number of carbonyl (C=O) groups is 2. The normalized spacial score (nSPS) is 10.2. The van der Waals surface area contributed by atoms with Crippen molar-refractivity contribution in [2.45, 2.75) is 6.42 Å². The Morgan fingerprint density at radius 3 is 2.31 bits per heavy atom. The number of aromatic nitrogens is 2. The van der Waals surface area contributed by atoms with Crippen LogP contribution in [0, 0.1) is 5.92 Å². The van der Waals surface area contributed by atoms with Crippen molar-refractivity contribution in [1.29, 1.82) is 0 Å². The van der Waals surface area contributed by atoms with Crippen molar-refractivity contribution < 1.29 is 19.1 Å². The van der Waals surface area contributed by atoms with Crippen molar-refractivity contribution >= 4 is 11.9 Å². The van der Waals surface area contributed by atoms with E-state index in [1.807, 2.05) is 0 Å². The Hall–Kier alpha value is -1.85. The largest absolute Gasteiger partial charge is 0.468 e. The molecule has 0 fully saturated rings. The lowest BCUT2D eigenvalue weighted by atomic mass is 10.0. The predicted octanol–water partition coefficient (Wildman–Crippen LogP) is -0.0752. The number of ether oxygens (including phenoxy) is 2. The maximum atomic E-state index is 11.4. The molecule has 0 aliphatic carbocycles. The highest BCUT2D eigenvalue weighted by Crippen LogP contribution is 2.11. The van der Waals surface area contributed by atoms with Crippen LogP contribution in [0.15, 0.2) is 12.4 Å². The zero-order chi connectivity index (χ0) is 12.1. The van der Waals surface area contributed by atoms with Crippen LogP contribution in [-0.4, -0.2) is 35.9 Å². The molecule has 0 amide bonds. The van der Waals surface area contributed by atoms with Crippen LogP contribution in [0.2, 0.25) is 0 Å². The molecule has 0 bridgehead atoms. The summed E-state index contributed by atoms with van der Waals surface area (Å²) in [6.45, 7) is 0. The number of rotatable bonds is 4. The molecule has 0 aliphatic rings. The molecule has 0 saturated heterocycles. The lowest BCUT2D eigenvalue weighted by molar-refractivity contribution is -0.158. The lowest BCUT2D eigenvalue weighted by Gasteiger charge is -2.10. The van der Waals surface area contributed by atoms with Crippen LogP contribution in [0.25, 0.3) is 0 Å². The van der Waals surface area contributed by atoms with Gasteiger partial charge in [-0.15, -0.1) is 0 Å². The van der Waals surface area contributed by atoms with E-state index in [1.54, 1.807) is 24.1 Å². The predicted molar refractivity (Wildman–Crippen MR) is 54.4 cm³/mol. The average molecular weight is 226 g/mol. The van der Waals surface area contributed by atoms with Crippen LogP contribution in [0.1, 0.15) is 5.56 Å². The summed E-state index contributed by atoms with van der Waals surface area (Å²) in [6.07, 6.45) is 3.56. The molecule has 0 radical (unpaired) electrons. The molecule has 0 spiro atoms. The van der Waals surface area contributed by atoms with Crippen LogP contribution < -0.4 is 0 Å². The van der Waals surface area contributed by atoms with E-state index < -0.39 is 17.9 Å². The number of hydrogen-bond acceptors (Lipinski definition) is 5. The molecule has 16 heavy (non-hydrogen) atoms. The van der Waals surface area contributed by atoms with Crippen molar-refractivity contribution in [1.82, 2.24) is 9.78 Å². The van der Waals surface area contributed by atoms with E-state index >= 15 is 0 Å². The first-order valence-electron chi connectivity index (χ1n) is 4.71. The molecule has 1 rings (SSSR count). The van der Waals surface area contributed by atoms with Crippen LogP contribution in [0.3, 0.4) is 0 Å². The zero-order valence-electron chi connectivity index (χ0n) is 9.47. The van der Waals surface area contributed by atoms with Crippen LogP contribution in [0.4, 0.5) is 0 Å². The number of esters is 2. The van der Waals surface area contributed by atoms with Crippen molar-refractivity contribution in [3.63, 3.8) is 0 Å². The Labute approximate surface area is 93.1 Å². The summed E-state index contributed by atoms with van der Waals surface area (Å²) in [4.78, 5) is 22.7. The fourth-order valence-corrected chi connectivity index (χ4v) is 1.36. The fourth-order valence-electron chi connectivity index (χ4n) is 1.36. The molecule has 0 saturated carbocycles. The maximum Gasteiger partial charge on any atom is 0.320 e. The van der Waals surface area contributed by atoms with Gasteiger partial charge in [0.2, 0.25) is 0 Å². The van der Waals surface area contributed by atoms with Gasteiger partial charge in [-0.2, -0.15) is 5.10 Å². The van der Waals surface area contributed by atoms with Gasteiger partial charge in [0.15, 0.2) is 5.92 Å². The molecule has 6 heteroatoms. The van der Waals surface area contributed by atoms with Gasteiger partial charge in [-0.05, 0) is 12.0 Å². The van der Waals surface area contributed by atoms with Crippen molar-refractivity contribution in [3.8, 4) is 0 Å². The van der Waals surface area contributed by atoms with E-state index in [0.29, 0.717) is 0 Å². The Bertz CT molecular complexity index is 370. The fraction of sp³-hybridized carbons (Fsp3) is 0.500. The number of hydrogen-bond donors (Lipinski definition) is 0. The van der Waals surface area contributed by atoms with Gasteiger partial charge >= 0.3 is 11.9 Å². The Morgan fingerprint density at radius 1 is 1.38 bits per heavy atom. The van der Waals surface area contributed by atoms with Crippen molar-refractivity contribution in [2.24, 2.45) is 13.0 Å². The third-order valence-electron chi connectivity index (χ3n) is 2.17. The van der Waals surface area contributed by atoms with E-state index in [1.165, 1.54) is 14.2 Å². The average Bonchev–Trinajstić information content (AvgIpc) is 2.69. The van der Waals surface area contributed by atoms with Crippen LogP contribution >= 0.6 is 0 Å². The summed E-state index contributed by atoms with van der Waals surface area (Å²) in [5, 5.41) is 3.95. The molecule has 1 aromatic rings. The van der Waals surface area contributed by atoms with Gasteiger partial charge in [0.1, 0.15) is 0 Å². The minimum Gasteiger partial charge on any atom is -0.468 e. The second-order valence-electron chi connectivity index (χ2n) is 3.33. The summed E-state index contributed by atoms with van der Waals surface area (Å²) in [7, 11) is 4.23. The number of aryl methyl sites for hydroxylation is 1. The standard InChI is InChI=1S/C10H14N2O4/c1-12-6-7(5-11-12)4-8(9(13)15-2)10(14)16-3/h5-6,8H,4H2,1-3H3. The van der Waals surface area contributed by atoms with E-state index in [0.717, 1.165) is 5.56 Å². The Kier molecular flexibility index (Phi) is 4.04. The van der Waals surface area contributed by atoms with Crippen LogP contribution in [-0.2, 0) is 32.5 Å². The zero-order valence-corrected chi connectivity index (χ0v) is 9.47. The molecule has 1 heterocycles. The molecule has 0 unspecified atom stereocenters. The van der Waals surface area contributed by atoms with E-state index in [4.69, 9.17) is 0 Å². The highest BCUT2D eigenvalue weighted by molar-refractivity contribution is 5.95. The summed E-state index contributed by atoms with van der Waals surface area (Å²) in [5.74, 6) is -2.13. The third kappa shape index (κ3) is 2.82. The highest BCUT2D eigenvalue weighted by Gasteiger charge is 2.29. The molecule has 6 nitrogen and oxygen atoms in total. The smallest absolute Gasteiger partial charge is 0.320 e. The molecule has 88 valence electrons. The monoisotopic (exact) mass is 226 g/mol. The Morgan fingerprint density at radius 2 is 1.94 bits per heavy atom. The first kappa shape index (κ1) is 12.2. The summed E-state index contributed by atoms with van der Waals surface area (Å²) >= 11 is 0. The number of nitrogens with zero attached hydrogens (tertiary/aromatic N) is 2. The maximum absolute atomic E-state index is 11.4. The highest BCUT2D eigenvalue weighted by atomic mass is 16.5. The van der Waals surface area contributed by atoms with Gasteiger partial charge in [0.05, 0.1) is 20.4 Å².